The lowest BCUT2D eigenvalue weighted by atomic mass is 9.81. The molecule has 0 radical (unpaired) electrons. The number of carbonyl (C=O) groups excluding carboxylic acids is 8. The molecule has 8 N–H and O–H groups in total. The van der Waals surface area contributed by atoms with E-state index >= 15 is 0 Å². The highest BCUT2D eigenvalue weighted by Crippen LogP contribution is 2.29. The number of alkyl carbamates (subject to hydrolysis) is 1. The number of nitrogens with one attached hydrogen (secondary N) is 5. The van der Waals surface area contributed by atoms with Crippen molar-refractivity contribution in [2.45, 2.75) is 115 Å². The number of ether oxygens (including phenoxy) is 2. The maximum absolute atomic E-state index is 14.5. The zero-order valence-electron chi connectivity index (χ0n) is 37.3. The summed E-state index contributed by atoms with van der Waals surface area (Å²) in [5.74, 6) is -7.13. The molecule has 1 aliphatic heterocycles. The van der Waals surface area contributed by atoms with Crippen LogP contribution in [-0.2, 0) is 54.4 Å². The maximum atomic E-state index is 14.5. The first-order valence-corrected chi connectivity index (χ1v) is 22.2. The van der Waals surface area contributed by atoms with Gasteiger partial charge in [0.25, 0.3) is 5.91 Å². The lowest BCUT2D eigenvalue weighted by molar-refractivity contribution is -0.144. The predicted octanol–water partition coefficient (Wildman–Crippen LogP) is 2.02. The van der Waals surface area contributed by atoms with Crippen molar-refractivity contribution >= 4 is 53.3 Å². The van der Waals surface area contributed by atoms with Gasteiger partial charge < -0.3 is 51.8 Å². The Bertz CT molecular complexity index is 1960. The number of Topliss-reactive ketones (excluding diaryl/α,β-unsaturated/α-hetero) is 1. The largest absolute Gasteiger partial charge is 0.481 e. The van der Waals surface area contributed by atoms with Crippen molar-refractivity contribution < 1.29 is 57.7 Å². The van der Waals surface area contributed by atoms with Crippen LogP contribution in [0, 0.1) is 17.8 Å². The summed E-state index contributed by atoms with van der Waals surface area (Å²) >= 11 is 0. The van der Waals surface area contributed by atoms with Crippen molar-refractivity contribution in [2.75, 3.05) is 26.2 Å². The van der Waals surface area contributed by atoms with Gasteiger partial charge in [-0.25, -0.2) is 4.79 Å². The lowest BCUT2D eigenvalue weighted by Crippen LogP contribution is -2.56. The quantitative estimate of drug-likeness (QED) is 0.0589. The molecule has 19 heteroatoms. The number of hydrogen-bond acceptors (Lipinski definition) is 11. The van der Waals surface area contributed by atoms with Gasteiger partial charge in [-0.3, -0.25) is 38.4 Å². The average Bonchev–Trinajstić information content (AvgIpc) is 3.74. The molecule has 1 heterocycles. The summed E-state index contributed by atoms with van der Waals surface area (Å²) in [5.41, 5.74) is 6.75. The number of hydrogen-bond donors (Lipinski definition) is 7. The second-order valence-electron chi connectivity index (χ2n) is 16.9. The first-order valence-electron chi connectivity index (χ1n) is 22.2. The normalized spacial score (nSPS) is 19.5. The molecule has 354 valence electrons. The number of likely N-dealkylation sites (tertiary alicyclic amines) is 1. The molecule has 65 heavy (non-hydrogen) atoms. The van der Waals surface area contributed by atoms with E-state index in [4.69, 9.17) is 15.2 Å². The molecule has 2 aliphatic rings. The number of carbonyl (C=O) groups is 9. The van der Waals surface area contributed by atoms with Crippen molar-refractivity contribution in [3.05, 3.63) is 71.8 Å². The highest BCUT2D eigenvalue weighted by molar-refractivity contribution is 6.38. The van der Waals surface area contributed by atoms with Crippen LogP contribution < -0.4 is 32.3 Å². The monoisotopic (exact) mass is 905 g/mol. The predicted molar refractivity (Wildman–Crippen MR) is 235 cm³/mol. The van der Waals surface area contributed by atoms with Crippen LogP contribution in [0.3, 0.4) is 0 Å². The number of amides is 7. The Labute approximate surface area is 378 Å². The van der Waals surface area contributed by atoms with E-state index in [1.54, 1.807) is 37.3 Å². The van der Waals surface area contributed by atoms with Crippen molar-refractivity contribution in [3.8, 4) is 0 Å². The van der Waals surface area contributed by atoms with Crippen LogP contribution >= 0.6 is 0 Å². The van der Waals surface area contributed by atoms with Gasteiger partial charge in [-0.1, -0.05) is 87.9 Å². The molecular formula is C46H63N7O12. The fraction of sp³-hybridized carbons (Fsp3) is 0.543. The smallest absolute Gasteiger partial charge is 0.407 e. The van der Waals surface area contributed by atoms with Crippen molar-refractivity contribution in [3.63, 3.8) is 0 Å². The Kier molecular flexibility index (Phi) is 20.4. The van der Waals surface area contributed by atoms with E-state index in [9.17, 15) is 48.3 Å². The summed E-state index contributed by atoms with van der Waals surface area (Å²) in [6.07, 6.45) is 0.884. The SMILES string of the molecule is CCCC(NC(=O)[C@@H]1C[C@@H](OCc2ccccc2)CN1C(=O)[C@H](CCCNC(=O)C1CCC(C(=O)O)CC1)NC(=O)OCC(C)C)C(=O)C(=O)NCC(=O)N[C@H](C(N)=O)c1ccccc1. The first kappa shape index (κ1) is 51.3. The van der Waals surface area contributed by atoms with Gasteiger partial charge in [-0.15, -0.1) is 0 Å². The fourth-order valence-electron chi connectivity index (χ4n) is 7.75. The Morgan fingerprint density at radius 1 is 0.800 bits per heavy atom. The summed E-state index contributed by atoms with van der Waals surface area (Å²) in [5, 5.41) is 22.1. The molecule has 5 atom stereocenters. The van der Waals surface area contributed by atoms with Crippen LogP contribution in [0.2, 0.25) is 0 Å². The summed E-state index contributed by atoms with van der Waals surface area (Å²) in [6.45, 7) is 5.09. The van der Waals surface area contributed by atoms with Crippen molar-refractivity contribution in [1.29, 1.82) is 0 Å². The third kappa shape index (κ3) is 16.3. The van der Waals surface area contributed by atoms with Crippen LogP contribution in [0.5, 0.6) is 0 Å². The number of benzene rings is 2. The highest BCUT2D eigenvalue weighted by Gasteiger charge is 2.44. The third-order valence-electron chi connectivity index (χ3n) is 11.3. The Morgan fingerprint density at radius 2 is 1.45 bits per heavy atom. The molecule has 1 saturated heterocycles. The average molecular weight is 906 g/mol. The Balaban J connectivity index is 1.46. The van der Waals surface area contributed by atoms with E-state index in [1.165, 1.54) is 4.90 Å². The van der Waals surface area contributed by atoms with Gasteiger partial charge in [-0.05, 0) is 62.0 Å². The summed E-state index contributed by atoms with van der Waals surface area (Å²) in [7, 11) is 0. The number of nitrogens with two attached hydrogens (primary N) is 1. The number of rotatable bonds is 24. The summed E-state index contributed by atoms with van der Waals surface area (Å²) in [6, 6.07) is 12.5. The Hall–Kier alpha value is -6.37. The second-order valence-corrected chi connectivity index (χ2v) is 16.9. The van der Waals surface area contributed by atoms with Crippen LogP contribution in [0.1, 0.15) is 95.7 Å². The molecule has 1 aliphatic carbocycles. The number of aliphatic carboxylic acids is 1. The van der Waals surface area contributed by atoms with E-state index in [1.807, 2.05) is 44.2 Å². The van der Waals surface area contributed by atoms with Gasteiger partial charge in [0.05, 0.1) is 37.8 Å². The van der Waals surface area contributed by atoms with Crippen LogP contribution in [-0.4, -0.2) is 114 Å². The highest BCUT2D eigenvalue weighted by atomic mass is 16.5. The van der Waals surface area contributed by atoms with Crippen molar-refractivity contribution in [1.82, 2.24) is 31.5 Å². The standard InChI is InChI=1S/C46H63N7O12/c1-4-12-34(39(55)43(59)49-24-37(54)52-38(40(47)56)30-15-9-6-10-16-30)50-42(58)36-23-33(64-27-29-13-7-5-8-14-29)25-53(36)44(60)35(51-46(63)65-26-28(2)3)17-11-22-48-41(57)31-18-20-32(21-19-31)45(61)62/h5-10,13-16,28,31-36,38H,4,11-12,17-27H2,1-3H3,(H2,47,56)(H,48,57)(H,49,59)(H,50,58)(H,51,63)(H,52,54)(H,61,62)/t31?,32?,33-,34?,35+,36+,38+/m1/s1. The minimum absolute atomic E-state index is 0.00305. The van der Waals surface area contributed by atoms with Gasteiger partial charge in [0.1, 0.15) is 18.1 Å². The second kappa shape index (κ2) is 25.8. The lowest BCUT2D eigenvalue weighted by Gasteiger charge is -2.29. The summed E-state index contributed by atoms with van der Waals surface area (Å²) < 4.78 is 11.5. The first-order chi connectivity index (χ1) is 31.1. The molecule has 1 unspecified atom stereocenters. The third-order valence-corrected chi connectivity index (χ3v) is 11.3. The van der Waals surface area contributed by atoms with Gasteiger partial charge in [0.15, 0.2) is 0 Å². The molecule has 2 aromatic carbocycles. The fourth-order valence-corrected chi connectivity index (χ4v) is 7.75. The number of carboxylic acid groups (broad SMARTS) is 1. The van der Waals surface area contributed by atoms with Gasteiger partial charge in [0, 0.05) is 25.4 Å². The maximum Gasteiger partial charge on any atom is 0.407 e. The van der Waals surface area contributed by atoms with E-state index in [2.05, 4.69) is 26.6 Å². The van der Waals surface area contributed by atoms with E-state index in [0.29, 0.717) is 37.7 Å². The molecule has 1 saturated carbocycles. The minimum atomic E-state index is -1.35. The van der Waals surface area contributed by atoms with Crippen LogP contribution in [0.15, 0.2) is 60.7 Å². The topological polar surface area (TPSA) is 282 Å². The van der Waals surface area contributed by atoms with Crippen molar-refractivity contribution in [2.24, 2.45) is 23.5 Å². The van der Waals surface area contributed by atoms with Gasteiger partial charge in [0.2, 0.25) is 35.3 Å². The zero-order valence-corrected chi connectivity index (χ0v) is 37.3. The molecule has 7 amide bonds. The molecule has 4 rings (SSSR count). The molecule has 2 aromatic rings. The van der Waals surface area contributed by atoms with Crippen LogP contribution in [0.25, 0.3) is 0 Å². The van der Waals surface area contributed by atoms with Gasteiger partial charge in [-0.2, -0.15) is 0 Å². The zero-order chi connectivity index (χ0) is 47.5. The van der Waals surface area contributed by atoms with Gasteiger partial charge >= 0.3 is 12.1 Å². The van der Waals surface area contributed by atoms with E-state index in [-0.39, 0.29) is 69.7 Å². The molecular weight excluding hydrogens is 843 g/mol. The van der Waals surface area contributed by atoms with Crippen LogP contribution in [0.4, 0.5) is 4.79 Å². The number of carboxylic acids is 1. The molecule has 0 bridgehead atoms. The minimum Gasteiger partial charge on any atom is -0.481 e. The van der Waals surface area contributed by atoms with E-state index < -0.39 is 90.1 Å². The summed E-state index contributed by atoms with van der Waals surface area (Å²) in [4.78, 5) is 119. The molecule has 0 aromatic heterocycles. The van der Waals surface area contributed by atoms with E-state index in [0.717, 1.165) is 5.56 Å². The molecule has 0 spiro atoms. The Morgan fingerprint density at radius 3 is 2.06 bits per heavy atom. The molecule has 2 fully saturated rings. The number of ketones is 1. The number of primary amides is 1. The number of nitrogens with zero attached hydrogens (tertiary/aromatic N) is 1. The molecule has 19 nitrogen and oxygen atoms in total.